The van der Waals surface area contributed by atoms with Crippen LogP contribution in [0.5, 0.6) is 0 Å². The fourth-order valence-corrected chi connectivity index (χ4v) is 3.32. The molecule has 0 bridgehead atoms. The third-order valence-electron chi connectivity index (χ3n) is 4.88. The normalized spacial score (nSPS) is 35.2. The minimum absolute atomic E-state index is 0.0341. The van der Waals surface area contributed by atoms with Gasteiger partial charge in [0.15, 0.2) is 0 Å². The summed E-state index contributed by atoms with van der Waals surface area (Å²) in [6.45, 7) is 4.68. The van der Waals surface area contributed by atoms with Crippen molar-refractivity contribution in [2.75, 3.05) is 0 Å². The Bertz CT molecular complexity index is 188. The van der Waals surface area contributed by atoms with Gasteiger partial charge in [-0.2, -0.15) is 0 Å². The largest absolute Gasteiger partial charge is 0.393 e. The lowest BCUT2D eigenvalue weighted by Crippen LogP contribution is -2.36. The minimum Gasteiger partial charge on any atom is -0.393 e. The van der Waals surface area contributed by atoms with Crippen LogP contribution >= 0.6 is 0 Å². The molecular weight excluding hydrogens is 184 g/mol. The van der Waals surface area contributed by atoms with Gasteiger partial charge in [0.25, 0.3) is 0 Å². The van der Waals surface area contributed by atoms with Gasteiger partial charge in [0, 0.05) is 0 Å². The molecule has 0 aromatic rings. The number of aliphatic hydroxyl groups excluding tert-OH is 1. The maximum Gasteiger partial charge on any atom is 0.0596 e. The zero-order valence-electron chi connectivity index (χ0n) is 10.3. The molecule has 0 saturated heterocycles. The minimum atomic E-state index is 0.0341. The quantitative estimate of drug-likeness (QED) is 0.754. The van der Waals surface area contributed by atoms with Crippen molar-refractivity contribution in [3.8, 4) is 0 Å². The zero-order valence-corrected chi connectivity index (χ0v) is 10.3. The van der Waals surface area contributed by atoms with Crippen molar-refractivity contribution >= 4 is 0 Å². The summed E-state index contributed by atoms with van der Waals surface area (Å²) in [6, 6.07) is 0. The van der Waals surface area contributed by atoms with Gasteiger partial charge in [-0.05, 0) is 62.2 Å². The summed E-state index contributed by atoms with van der Waals surface area (Å²) >= 11 is 0. The van der Waals surface area contributed by atoms with Crippen LogP contribution in [0.25, 0.3) is 0 Å². The molecule has 2 aliphatic rings. The Hall–Kier alpha value is -0.0400. The second-order valence-electron chi connectivity index (χ2n) is 6.10. The molecule has 0 aromatic carbocycles. The van der Waals surface area contributed by atoms with Crippen molar-refractivity contribution in [3.63, 3.8) is 0 Å². The molecule has 1 heteroatoms. The van der Waals surface area contributed by atoms with Crippen LogP contribution in [0.15, 0.2) is 0 Å². The molecule has 1 atom stereocenters. The second-order valence-corrected chi connectivity index (χ2v) is 6.10. The van der Waals surface area contributed by atoms with Crippen LogP contribution in [0.4, 0.5) is 0 Å². The molecular formula is C14H26O. The van der Waals surface area contributed by atoms with Gasteiger partial charge >= 0.3 is 0 Å². The number of hydrogen-bond donors (Lipinski definition) is 1. The Labute approximate surface area is 94.3 Å². The van der Waals surface area contributed by atoms with E-state index in [2.05, 4.69) is 13.8 Å². The second kappa shape index (κ2) is 4.86. The van der Waals surface area contributed by atoms with E-state index < -0.39 is 0 Å². The van der Waals surface area contributed by atoms with Crippen LogP contribution in [0.3, 0.4) is 0 Å². The lowest BCUT2D eigenvalue weighted by molar-refractivity contribution is -0.00635. The fraction of sp³-hybridized carbons (Fsp3) is 1.00. The van der Waals surface area contributed by atoms with E-state index in [0.717, 1.165) is 11.8 Å². The topological polar surface area (TPSA) is 20.2 Å². The SMILES string of the molecule is CC(C)C1CCC(C(O)C2CCC2)CC1. The Balaban J connectivity index is 1.77. The molecule has 2 fully saturated rings. The highest BCUT2D eigenvalue weighted by molar-refractivity contribution is 4.85. The van der Waals surface area contributed by atoms with Crippen molar-refractivity contribution in [1.82, 2.24) is 0 Å². The number of hydrogen-bond acceptors (Lipinski definition) is 1. The third kappa shape index (κ3) is 2.55. The lowest BCUT2D eigenvalue weighted by Gasteiger charge is -2.39. The molecule has 0 aliphatic heterocycles. The summed E-state index contributed by atoms with van der Waals surface area (Å²) in [6.07, 6.45) is 9.21. The summed E-state index contributed by atoms with van der Waals surface area (Å²) < 4.78 is 0. The molecule has 15 heavy (non-hydrogen) atoms. The van der Waals surface area contributed by atoms with Gasteiger partial charge in [0.2, 0.25) is 0 Å². The molecule has 1 N–H and O–H groups in total. The smallest absolute Gasteiger partial charge is 0.0596 e. The molecule has 0 spiro atoms. The van der Waals surface area contributed by atoms with E-state index in [-0.39, 0.29) is 6.10 Å². The first-order valence-electron chi connectivity index (χ1n) is 6.86. The molecule has 0 amide bonds. The van der Waals surface area contributed by atoms with Crippen LogP contribution in [0.1, 0.15) is 58.8 Å². The van der Waals surface area contributed by atoms with E-state index in [1.54, 1.807) is 0 Å². The highest BCUT2D eigenvalue weighted by Gasteiger charge is 2.34. The first-order valence-corrected chi connectivity index (χ1v) is 6.86. The summed E-state index contributed by atoms with van der Waals surface area (Å²) in [5, 5.41) is 10.2. The van der Waals surface area contributed by atoms with E-state index in [0.29, 0.717) is 11.8 Å². The van der Waals surface area contributed by atoms with Crippen molar-refractivity contribution in [1.29, 1.82) is 0 Å². The fourth-order valence-electron chi connectivity index (χ4n) is 3.32. The van der Waals surface area contributed by atoms with Crippen molar-refractivity contribution < 1.29 is 5.11 Å². The highest BCUT2D eigenvalue weighted by atomic mass is 16.3. The van der Waals surface area contributed by atoms with Crippen LogP contribution in [0.2, 0.25) is 0 Å². The van der Waals surface area contributed by atoms with Gasteiger partial charge in [0.05, 0.1) is 6.10 Å². The monoisotopic (exact) mass is 210 g/mol. The molecule has 2 aliphatic carbocycles. The molecule has 0 aromatic heterocycles. The van der Waals surface area contributed by atoms with Crippen LogP contribution < -0.4 is 0 Å². The van der Waals surface area contributed by atoms with Gasteiger partial charge < -0.3 is 5.11 Å². The average Bonchev–Trinajstić information content (AvgIpc) is 2.15. The van der Waals surface area contributed by atoms with E-state index in [1.165, 1.54) is 44.9 Å². The maximum absolute atomic E-state index is 10.2. The Morgan fingerprint density at radius 1 is 0.800 bits per heavy atom. The maximum atomic E-state index is 10.2. The van der Waals surface area contributed by atoms with E-state index >= 15 is 0 Å². The van der Waals surface area contributed by atoms with Crippen molar-refractivity contribution in [2.45, 2.75) is 64.9 Å². The number of rotatable bonds is 3. The predicted molar refractivity (Wildman–Crippen MR) is 63.6 cm³/mol. The standard InChI is InChI=1S/C14H26O/c1-10(2)11-6-8-13(9-7-11)14(15)12-4-3-5-12/h10-15H,3-9H2,1-2H3. The van der Waals surface area contributed by atoms with E-state index in [9.17, 15) is 5.11 Å². The molecule has 1 unspecified atom stereocenters. The molecule has 1 nitrogen and oxygen atoms in total. The van der Waals surface area contributed by atoms with Gasteiger partial charge in [-0.3, -0.25) is 0 Å². The Morgan fingerprint density at radius 2 is 1.27 bits per heavy atom. The van der Waals surface area contributed by atoms with Gasteiger partial charge in [-0.15, -0.1) is 0 Å². The van der Waals surface area contributed by atoms with Crippen LogP contribution in [0, 0.1) is 23.7 Å². The van der Waals surface area contributed by atoms with Crippen LogP contribution in [-0.4, -0.2) is 11.2 Å². The third-order valence-corrected chi connectivity index (χ3v) is 4.88. The first kappa shape index (κ1) is 11.4. The average molecular weight is 210 g/mol. The predicted octanol–water partition coefficient (Wildman–Crippen LogP) is 3.61. The summed E-state index contributed by atoms with van der Waals surface area (Å²) in [5.74, 6) is 3.05. The Kier molecular flexibility index (Phi) is 3.71. The van der Waals surface area contributed by atoms with Gasteiger partial charge in [-0.1, -0.05) is 20.3 Å². The highest BCUT2D eigenvalue weighted by Crippen LogP contribution is 2.40. The van der Waals surface area contributed by atoms with Crippen molar-refractivity contribution in [3.05, 3.63) is 0 Å². The molecule has 2 saturated carbocycles. The van der Waals surface area contributed by atoms with Gasteiger partial charge in [0.1, 0.15) is 0 Å². The molecule has 0 heterocycles. The van der Waals surface area contributed by atoms with E-state index in [4.69, 9.17) is 0 Å². The van der Waals surface area contributed by atoms with Gasteiger partial charge in [-0.25, -0.2) is 0 Å². The molecule has 2 rings (SSSR count). The Morgan fingerprint density at radius 3 is 1.67 bits per heavy atom. The molecule has 88 valence electrons. The summed E-state index contributed by atoms with van der Waals surface area (Å²) in [5.41, 5.74) is 0. The summed E-state index contributed by atoms with van der Waals surface area (Å²) in [7, 11) is 0. The van der Waals surface area contributed by atoms with Crippen LogP contribution in [-0.2, 0) is 0 Å². The first-order chi connectivity index (χ1) is 7.18. The number of aliphatic hydroxyl groups is 1. The zero-order chi connectivity index (χ0) is 10.8. The lowest BCUT2D eigenvalue weighted by atomic mass is 9.69. The van der Waals surface area contributed by atoms with Crippen molar-refractivity contribution in [2.24, 2.45) is 23.7 Å². The summed E-state index contributed by atoms with van der Waals surface area (Å²) in [4.78, 5) is 0. The van der Waals surface area contributed by atoms with E-state index in [1.807, 2.05) is 0 Å². The molecule has 0 radical (unpaired) electrons.